The lowest BCUT2D eigenvalue weighted by Crippen LogP contribution is -2.47. The Morgan fingerprint density at radius 1 is 1.03 bits per heavy atom. The fourth-order valence-electron chi connectivity index (χ4n) is 4.05. The van der Waals surface area contributed by atoms with Gasteiger partial charge >= 0.3 is 0 Å². The molecular weight excluding hydrogens is 384 g/mol. The zero-order valence-corrected chi connectivity index (χ0v) is 17.7. The largest absolute Gasteiger partial charge is 0.351 e. The minimum atomic E-state index is -0.704. The number of halogens is 1. The molecule has 1 aliphatic rings. The number of carbonyl (C=O) groups excluding carboxylic acids is 2. The third kappa shape index (κ3) is 5.60. The second-order valence-electron chi connectivity index (χ2n) is 7.74. The van der Waals surface area contributed by atoms with Crippen LogP contribution in [0.3, 0.4) is 0 Å². The molecule has 0 aliphatic heterocycles. The van der Waals surface area contributed by atoms with Gasteiger partial charge in [0.1, 0.15) is 11.9 Å². The molecule has 0 heterocycles. The number of carbonyl (C=O) groups is 2. The summed E-state index contributed by atoms with van der Waals surface area (Å²) in [6.07, 6.45) is 5.48. The Hall–Kier alpha value is -2.33. The molecule has 0 saturated heterocycles. The number of nitrogens with one attached hydrogen (secondary N) is 1. The van der Waals surface area contributed by atoms with Gasteiger partial charge in [0.15, 0.2) is 0 Å². The van der Waals surface area contributed by atoms with Crippen LogP contribution < -0.4 is 5.32 Å². The molecule has 29 heavy (non-hydrogen) atoms. The fourth-order valence-corrected chi connectivity index (χ4v) is 4.21. The summed E-state index contributed by atoms with van der Waals surface area (Å²) in [5.74, 6) is -0.533. The van der Waals surface area contributed by atoms with E-state index in [1.807, 2.05) is 61.5 Å². The summed E-state index contributed by atoms with van der Waals surface area (Å²) >= 11 is 5.96. The number of aryl methyl sites for hydroxylation is 1. The van der Waals surface area contributed by atoms with Crippen LogP contribution in [0.2, 0.25) is 0 Å². The lowest BCUT2D eigenvalue weighted by molar-refractivity contribution is -0.140. The van der Waals surface area contributed by atoms with E-state index >= 15 is 0 Å². The van der Waals surface area contributed by atoms with Crippen molar-refractivity contribution in [3.63, 3.8) is 0 Å². The van der Waals surface area contributed by atoms with Gasteiger partial charge < -0.3 is 10.2 Å². The zero-order valence-electron chi connectivity index (χ0n) is 16.9. The predicted octanol–water partition coefficient (Wildman–Crippen LogP) is 4.75. The van der Waals surface area contributed by atoms with E-state index in [0.717, 1.165) is 42.4 Å². The van der Waals surface area contributed by atoms with Gasteiger partial charge in [-0.1, -0.05) is 73.9 Å². The topological polar surface area (TPSA) is 49.4 Å². The van der Waals surface area contributed by atoms with Crippen LogP contribution in [-0.4, -0.2) is 28.6 Å². The molecule has 154 valence electrons. The SMILES string of the molecule is Cc1ccccc1[C@H](C(=O)NC1CCCCC1)N(Cc1ccccc1)C(=O)CCl. The quantitative estimate of drug-likeness (QED) is 0.667. The Balaban J connectivity index is 1.95. The maximum atomic E-state index is 13.5. The molecule has 0 aromatic heterocycles. The standard InChI is InChI=1S/C24H29ClN2O2/c1-18-10-8-9-15-21(18)23(24(29)26-20-13-6-3-7-14-20)27(22(28)16-25)17-19-11-4-2-5-12-19/h2,4-5,8-12,15,20,23H,3,6-7,13-14,16-17H2,1H3,(H,26,29)/t23-/m1/s1. The molecule has 3 rings (SSSR count). The fraction of sp³-hybridized carbons (Fsp3) is 0.417. The van der Waals surface area contributed by atoms with Gasteiger partial charge in [-0.3, -0.25) is 9.59 Å². The molecule has 4 nitrogen and oxygen atoms in total. The number of amides is 2. The van der Waals surface area contributed by atoms with Crippen molar-refractivity contribution in [2.75, 3.05) is 5.88 Å². The molecule has 1 saturated carbocycles. The summed E-state index contributed by atoms with van der Waals surface area (Å²) in [6.45, 7) is 2.31. The first-order valence-corrected chi connectivity index (χ1v) is 10.9. The van der Waals surface area contributed by atoms with Crippen LogP contribution in [0.15, 0.2) is 54.6 Å². The van der Waals surface area contributed by atoms with Gasteiger partial charge in [0.25, 0.3) is 0 Å². The maximum absolute atomic E-state index is 13.5. The van der Waals surface area contributed by atoms with E-state index in [4.69, 9.17) is 11.6 Å². The molecule has 2 amide bonds. The van der Waals surface area contributed by atoms with Crippen molar-refractivity contribution in [2.45, 2.75) is 57.7 Å². The number of nitrogens with zero attached hydrogens (tertiary/aromatic N) is 1. The molecule has 0 unspecified atom stereocenters. The third-order valence-corrected chi connectivity index (χ3v) is 5.85. The highest BCUT2D eigenvalue weighted by Gasteiger charge is 2.33. The molecule has 1 fully saturated rings. The van der Waals surface area contributed by atoms with Gasteiger partial charge in [-0.05, 0) is 36.5 Å². The Bertz CT molecular complexity index is 819. The van der Waals surface area contributed by atoms with E-state index < -0.39 is 6.04 Å². The van der Waals surface area contributed by atoms with E-state index in [2.05, 4.69) is 5.32 Å². The van der Waals surface area contributed by atoms with Crippen molar-refractivity contribution in [1.82, 2.24) is 10.2 Å². The zero-order chi connectivity index (χ0) is 20.6. The van der Waals surface area contributed by atoms with Crippen LogP contribution in [0.1, 0.15) is 54.8 Å². The Morgan fingerprint density at radius 3 is 2.34 bits per heavy atom. The number of hydrogen-bond acceptors (Lipinski definition) is 2. The molecule has 0 spiro atoms. The highest BCUT2D eigenvalue weighted by atomic mass is 35.5. The summed E-state index contributed by atoms with van der Waals surface area (Å²) in [5.41, 5.74) is 2.79. The van der Waals surface area contributed by atoms with Gasteiger partial charge in [0, 0.05) is 12.6 Å². The average Bonchev–Trinajstić information content (AvgIpc) is 2.75. The van der Waals surface area contributed by atoms with Crippen molar-refractivity contribution >= 4 is 23.4 Å². The summed E-state index contributed by atoms with van der Waals surface area (Å²) < 4.78 is 0. The minimum absolute atomic E-state index is 0.124. The Kier molecular flexibility index (Phi) is 7.70. The summed E-state index contributed by atoms with van der Waals surface area (Å²) in [5, 5.41) is 3.21. The molecular formula is C24H29ClN2O2. The highest BCUT2D eigenvalue weighted by molar-refractivity contribution is 6.27. The third-order valence-electron chi connectivity index (χ3n) is 5.63. The van der Waals surface area contributed by atoms with Gasteiger partial charge in [-0.2, -0.15) is 0 Å². The average molecular weight is 413 g/mol. The van der Waals surface area contributed by atoms with E-state index in [-0.39, 0.29) is 23.7 Å². The van der Waals surface area contributed by atoms with Crippen molar-refractivity contribution in [3.05, 3.63) is 71.3 Å². The van der Waals surface area contributed by atoms with E-state index in [0.29, 0.717) is 6.54 Å². The van der Waals surface area contributed by atoms with Gasteiger partial charge in [-0.15, -0.1) is 11.6 Å². The van der Waals surface area contributed by atoms with Gasteiger partial charge in [0.2, 0.25) is 11.8 Å². The highest BCUT2D eigenvalue weighted by Crippen LogP contribution is 2.28. The van der Waals surface area contributed by atoms with Crippen LogP contribution in [-0.2, 0) is 16.1 Å². The Labute approximate surface area is 178 Å². The molecule has 2 aromatic carbocycles. The maximum Gasteiger partial charge on any atom is 0.247 e. The first-order valence-electron chi connectivity index (χ1n) is 10.4. The van der Waals surface area contributed by atoms with E-state index in [1.165, 1.54) is 6.42 Å². The molecule has 1 atom stereocenters. The molecule has 2 aromatic rings. The smallest absolute Gasteiger partial charge is 0.247 e. The van der Waals surface area contributed by atoms with Crippen molar-refractivity contribution in [3.8, 4) is 0 Å². The predicted molar refractivity (Wildman–Crippen MR) is 117 cm³/mol. The second kappa shape index (κ2) is 10.4. The number of benzene rings is 2. The first kappa shape index (κ1) is 21.4. The number of alkyl halides is 1. The lowest BCUT2D eigenvalue weighted by Gasteiger charge is -2.34. The summed E-state index contributed by atoms with van der Waals surface area (Å²) in [7, 11) is 0. The van der Waals surface area contributed by atoms with Crippen LogP contribution in [0, 0.1) is 6.92 Å². The lowest BCUT2D eigenvalue weighted by atomic mass is 9.94. The minimum Gasteiger partial charge on any atom is -0.351 e. The number of rotatable bonds is 7. The molecule has 0 radical (unpaired) electrons. The van der Waals surface area contributed by atoms with E-state index in [1.54, 1.807) is 4.90 Å². The van der Waals surface area contributed by atoms with E-state index in [9.17, 15) is 9.59 Å². The molecule has 0 bridgehead atoms. The molecule has 5 heteroatoms. The first-order chi connectivity index (χ1) is 14.1. The second-order valence-corrected chi connectivity index (χ2v) is 8.01. The summed E-state index contributed by atoms with van der Waals surface area (Å²) in [4.78, 5) is 27.9. The number of hydrogen-bond donors (Lipinski definition) is 1. The van der Waals surface area contributed by atoms with Crippen molar-refractivity contribution < 1.29 is 9.59 Å². The molecule has 1 aliphatic carbocycles. The van der Waals surface area contributed by atoms with Crippen LogP contribution in [0.5, 0.6) is 0 Å². The summed E-state index contributed by atoms with van der Waals surface area (Å²) in [6, 6.07) is 17.0. The van der Waals surface area contributed by atoms with Crippen LogP contribution in [0.4, 0.5) is 0 Å². The van der Waals surface area contributed by atoms with Gasteiger partial charge in [0.05, 0.1) is 0 Å². The monoisotopic (exact) mass is 412 g/mol. The van der Waals surface area contributed by atoms with Gasteiger partial charge in [-0.25, -0.2) is 0 Å². The molecule has 1 N–H and O–H groups in total. The van der Waals surface area contributed by atoms with Crippen LogP contribution >= 0.6 is 11.6 Å². The Morgan fingerprint density at radius 2 is 1.69 bits per heavy atom. The van der Waals surface area contributed by atoms with Crippen molar-refractivity contribution in [2.24, 2.45) is 0 Å². The van der Waals surface area contributed by atoms with Crippen LogP contribution in [0.25, 0.3) is 0 Å². The normalized spacial score (nSPS) is 15.5. The van der Waals surface area contributed by atoms with Crippen molar-refractivity contribution in [1.29, 1.82) is 0 Å².